The summed E-state index contributed by atoms with van der Waals surface area (Å²) >= 11 is 0. The quantitative estimate of drug-likeness (QED) is 0.667. The number of carbonyl (C=O) groups is 1. The van der Waals surface area contributed by atoms with Crippen LogP contribution in [0.5, 0.6) is 0 Å². The molecule has 2 unspecified atom stereocenters. The van der Waals surface area contributed by atoms with E-state index in [4.69, 9.17) is 0 Å². The van der Waals surface area contributed by atoms with Crippen LogP contribution >= 0.6 is 0 Å². The first-order chi connectivity index (χ1) is 6.15. The van der Waals surface area contributed by atoms with Crippen molar-refractivity contribution in [3.8, 4) is 0 Å². The van der Waals surface area contributed by atoms with Gasteiger partial charge < -0.3 is 0 Å². The SMILES string of the molecule is CCC1CCCN(C(C)C(C)=O)C1. The molecule has 0 amide bonds. The number of likely N-dealkylation sites (tertiary alicyclic amines) is 1. The van der Waals surface area contributed by atoms with Crippen molar-refractivity contribution >= 4 is 5.78 Å². The van der Waals surface area contributed by atoms with Gasteiger partial charge in [-0.3, -0.25) is 9.69 Å². The normalized spacial score (nSPS) is 27.2. The van der Waals surface area contributed by atoms with Crippen LogP contribution in [0.2, 0.25) is 0 Å². The minimum atomic E-state index is 0.134. The third-order valence-electron chi connectivity index (χ3n) is 3.26. The molecule has 0 N–H and O–H groups in total. The van der Waals surface area contributed by atoms with E-state index in [2.05, 4.69) is 11.8 Å². The lowest BCUT2D eigenvalue weighted by atomic mass is 9.94. The Labute approximate surface area is 81.3 Å². The number of nitrogens with zero attached hydrogens (tertiary/aromatic N) is 1. The summed E-state index contributed by atoms with van der Waals surface area (Å²) in [4.78, 5) is 13.5. The summed E-state index contributed by atoms with van der Waals surface area (Å²) in [6.45, 7) is 8.20. The van der Waals surface area contributed by atoms with Gasteiger partial charge in [-0.05, 0) is 39.2 Å². The van der Waals surface area contributed by atoms with Gasteiger partial charge in [0.05, 0.1) is 6.04 Å². The first-order valence-corrected chi connectivity index (χ1v) is 5.39. The maximum atomic E-state index is 11.2. The molecule has 0 aliphatic carbocycles. The van der Waals surface area contributed by atoms with Crippen LogP contribution in [-0.2, 0) is 4.79 Å². The molecule has 0 aromatic heterocycles. The fourth-order valence-corrected chi connectivity index (χ4v) is 2.04. The molecule has 1 aliphatic rings. The van der Waals surface area contributed by atoms with Gasteiger partial charge in [-0.1, -0.05) is 13.3 Å². The van der Waals surface area contributed by atoms with E-state index in [1.807, 2.05) is 6.92 Å². The van der Waals surface area contributed by atoms with Gasteiger partial charge in [-0.15, -0.1) is 0 Å². The Hall–Kier alpha value is -0.370. The van der Waals surface area contributed by atoms with Gasteiger partial charge in [-0.25, -0.2) is 0 Å². The zero-order valence-corrected chi connectivity index (χ0v) is 9.05. The van der Waals surface area contributed by atoms with Crippen LogP contribution in [-0.4, -0.2) is 29.8 Å². The van der Waals surface area contributed by atoms with Gasteiger partial charge in [0.2, 0.25) is 0 Å². The van der Waals surface area contributed by atoms with Crippen LogP contribution in [0, 0.1) is 5.92 Å². The van der Waals surface area contributed by atoms with Gasteiger partial charge in [-0.2, -0.15) is 0 Å². The zero-order valence-electron chi connectivity index (χ0n) is 9.05. The first kappa shape index (κ1) is 10.7. The van der Waals surface area contributed by atoms with E-state index in [0.29, 0.717) is 5.78 Å². The molecule has 1 fully saturated rings. The number of rotatable bonds is 3. The highest BCUT2D eigenvalue weighted by molar-refractivity contribution is 5.80. The second-order valence-electron chi connectivity index (χ2n) is 4.20. The zero-order chi connectivity index (χ0) is 9.84. The van der Waals surface area contributed by atoms with Crippen molar-refractivity contribution < 1.29 is 4.79 Å². The van der Waals surface area contributed by atoms with Crippen LogP contribution < -0.4 is 0 Å². The molecule has 13 heavy (non-hydrogen) atoms. The van der Waals surface area contributed by atoms with Crippen molar-refractivity contribution in [2.45, 2.75) is 46.1 Å². The summed E-state index contributed by atoms with van der Waals surface area (Å²) in [5.74, 6) is 1.12. The molecular formula is C11H21NO. The summed E-state index contributed by atoms with van der Waals surface area (Å²) in [7, 11) is 0. The molecule has 0 radical (unpaired) electrons. The lowest BCUT2D eigenvalue weighted by molar-refractivity contribution is -0.122. The number of hydrogen-bond donors (Lipinski definition) is 0. The van der Waals surface area contributed by atoms with Crippen molar-refractivity contribution in [2.24, 2.45) is 5.92 Å². The molecule has 1 aliphatic heterocycles. The number of Topliss-reactive ketones (excluding diaryl/α,β-unsaturated/α-hetero) is 1. The summed E-state index contributed by atoms with van der Waals surface area (Å²) in [5.41, 5.74) is 0. The van der Waals surface area contributed by atoms with Crippen LogP contribution in [0.3, 0.4) is 0 Å². The fourth-order valence-electron chi connectivity index (χ4n) is 2.04. The third-order valence-corrected chi connectivity index (χ3v) is 3.26. The molecule has 0 saturated carbocycles. The highest BCUT2D eigenvalue weighted by Crippen LogP contribution is 2.20. The standard InChI is InChI=1S/C11H21NO/c1-4-11-6-5-7-12(8-11)9(2)10(3)13/h9,11H,4-8H2,1-3H3. The molecule has 2 atom stereocenters. The molecule has 2 heteroatoms. The molecule has 1 rings (SSSR count). The average Bonchev–Trinajstić information content (AvgIpc) is 2.16. The predicted molar refractivity (Wildman–Crippen MR) is 54.7 cm³/mol. The molecule has 1 heterocycles. The maximum Gasteiger partial charge on any atom is 0.146 e. The van der Waals surface area contributed by atoms with Crippen LogP contribution in [0.1, 0.15) is 40.0 Å². The molecule has 2 nitrogen and oxygen atoms in total. The molecule has 0 spiro atoms. The first-order valence-electron chi connectivity index (χ1n) is 5.39. The van der Waals surface area contributed by atoms with E-state index < -0.39 is 0 Å². The van der Waals surface area contributed by atoms with E-state index in [-0.39, 0.29) is 6.04 Å². The van der Waals surface area contributed by atoms with E-state index in [9.17, 15) is 4.79 Å². The van der Waals surface area contributed by atoms with Gasteiger partial charge in [0.15, 0.2) is 0 Å². The van der Waals surface area contributed by atoms with Crippen molar-refractivity contribution in [1.82, 2.24) is 4.90 Å². The van der Waals surface area contributed by atoms with E-state index in [1.54, 1.807) is 6.92 Å². The lowest BCUT2D eigenvalue weighted by Crippen LogP contribution is -2.44. The van der Waals surface area contributed by atoms with Crippen LogP contribution in [0.25, 0.3) is 0 Å². The third kappa shape index (κ3) is 2.80. The van der Waals surface area contributed by atoms with Gasteiger partial charge in [0.25, 0.3) is 0 Å². The van der Waals surface area contributed by atoms with Crippen LogP contribution in [0.15, 0.2) is 0 Å². The molecule has 0 aromatic carbocycles. The van der Waals surface area contributed by atoms with E-state index >= 15 is 0 Å². The Morgan fingerprint density at radius 3 is 2.85 bits per heavy atom. The van der Waals surface area contributed by atoms with E-state index in [1.165, 1.54) is 19.3 Å². The number of piperidine rings is 1. The fraction of sp³-hybridized carbons (Fsp3) is 0.909. The molecular weight excluding hydrogens is 162 g/mol. The number of hydrogen-bond acceptors (Lipinski definition) is 2. The molecule has 0 aromatic rings. The number of ketones is 1. The summed E-state index contributed by atoms with van der Waals surface area (Å²) in [6.07, 6.45) is 3.86. The summed E-state index contributed by atoms with van der Waals surface area (Å²) in [5, 5.41) is 0. The summed E-state index contributed by atoms with van der Waals surface area (Å²) in [6, 6.07) is 0.134. The Morgan fingerprint density at radius 1 is 1.62 bits per heavy atom. The topological polar surface area (TPSA) is 20.3 Å². The Morgan fingerprint density at radius 2 is 2.31 bits per heavy atom. The Balaban J connectivity index is 2.46. The highest BCUT2D eigenvalue weighted by Gasteiger charge is 2.24. The molecule has 76 valence electrons. The van der Waals surface area contributed by atoms with E-state index in [0.717, 1.165) is 19.0 Å². The second-order valence-corrected chi connectivity index (χ2v) is 4.20. The summed E-state index contributed by atoms with van der Waals surface area (Å²) < 4.78 is 0. The van der Waals surface area contributed by atoms with Gasteiger partial charge in [0, 0.05) is 6.54 Å². The largest absolute Gasteiger partial charge is 0.298 e. The van der Waals surface area contributed by atoms with Crippen molar-refractivity contribution in [3.63, 3.8) is 0 Å². The lowest BCUT2D eigenvalue weighted by Gasteiger charge is -2.35. The molecule has 1 saturated heterocycles. The highest BCUT2D eigenvalue weighted by atomic mass is 16.1. The monoisotopic (exact) mass is 183 g/mol. The average molecular weight is 183 g/mol. The number of carbonyl (C=O) groups excluding carboxylic acids is 1. The minimum absolute atomic E-state index is 0.134. The van der Waals surface area contributed by atoms with Crippen LogP contribution in [0.4, 0.5) is 0 Å². The van der Waals surface area contributed by atoms with Gasteiger partial charge in [0.1, 0.15) is 5.78 Å². The van der Waals surface area contributed by atoms with Crippen molar-refractivity contribution in [3.05, 3.63) is 0 Å². The van der Waals surface area contributed by atoms with Crippen molar-refractivity contribution in [1.29, 1.82) is 0 Å². The maximum absolute atomic E-state index is 11.2. The predicted octanol–water partition coefficient (Wildman–Crippen LogP) is 2.09. The Kier molecular flexibility index (Phi) is 3.91. The molecule has 0 bridgehead atoms. The van der Waals surface area contributed by atoms with Crippen molar-refractivity contribution in [2.75, 3.05) is 13.1 Å². The smallest absolute Gasteiger partial charge is 0.146 e. The second kappa shape index (κ2) is 4.75. The van der Waals surface area contributed by atoms with Gasteiger partial charge >= 0.3 is 0 Å². The Bertz CT molecular complexity index is 179. The minimum Gasteiger partial charge on any atom is -0.298 e.